The van der Waals surface area contributed by atoms with E-state index >= 15 is 0 Å². The van der Waals surface area contributed by atoms with Crippen LogP contribution in [0.3, 0.4) is 0 Å². The number of benzene rings is 1. The molecule has 29 heavy (non-hydrogen) atoms. The SMILES string of the molecule is CC(=O)c1ccc(N2CCN([C@H](C)C(=O)N[C@H](C)[C@H]3C[C@H]4CC[C@H]3C4)CC2)cc1. The van der Waals surface area contributed by atoms with Gasteiger partial charge in [0.15, 0.2) is 5.78 Å². The second-order valence-corrected chi connectivity index (χ2v) is 9.44. The van der Waals surface area contributed by atoms with Gasteiger partial charge in [0.1, 0.15) is 0 Å². The Labute approximate surface area is 174 Å². The molecule has 2 aliphatic carbocycles. The van der Waals surface area contributed by atoms with Gasteiger partial charge in [0.25, 0.3) is 0 Å². The van der Waals surface area contributed by atoms with E-state index in [0.717, 1.165) is 49.3 Å². The molecule has 2 saturated carbocycles. The van der Waals surface area contributed by atoms with Gasteiger partial charge in [0, 0.05) is 43.5 Å². The molecule has 5 atom stereocenters. The third-order valence-electron chi connectivity index (χ3n) is 7.69. The highest BCUT2D eigenvalue weighted by molar-refractivity contribution is 5.94. The van der Waals surface area contributed by atoms with Crippen LogP contribution in [0.2, 0.25) is 0 Å². The molecule has 1 N–H and O–H groups in total. The van der Waals surface area contributed by atoms with Gasteiger partial charge < -0.3 is 10.2 Å². The topological polar surface area (TPSA) is 52.7 Å². The van der Waals surface area contributed by atoms with Gasteiger partial charge in [0.2, 0.25) is 5.91 Å². The van der Waals surface area contributed by atoms with Gasteiger partial charge in [-0.3, -0.25) is 14.5 Å². The van der Waals surface area contributed by atoms with E-state index in [4.69, 9.17) is 0 Å². The van der Waals surface area contributed by atoms with Crippen LogP contribution in [-0.2, 0) is 4.79 Å². The van der Waals surface area contributed by atoms with Crippen LogP contribution in [0.1, 0.15) is 56.8 Å². The average Bonchev–Trinajstić information content (AvgIpc) is 3.37. The Hall–Kier alpha value is -1.88. The number of hydrogen-bond donors (Lipinski definition) is 1. The number of hydrogen-bond acceptors (Lipinski definition) is 4. The van der Waals surface area contributed by atoms with Crippen molar-refractivity contribution in [1.82, 2.24) is 10.2 Å². The third kappa shape index (κ3) is 4.35. The number of carbonyl (C=O) groups is 2. The minimum Gasteiger partial charge on any atom is -0.369 e. The quantitative estimate of drug-likeness (QED) is 0.748. The van der Waals surface area contributed by atoms with Crippen molar-refractivity contribution in [2.24, 2.45) is 17.8 Å². The zero-order valence-electron chi connectivity index (χ0n) is 18.1. The van der Waals surface area contributed by atoms with Gasteiger partial charge in [0.05, 0.1) is 6.04 Å². The van der Waals surface area contributed by atoms with E-state index in [-0.39, 0.29) is 17.7 Å². The fraction of sp³-hybridized carbons (Fsp3) is 0.667. The third-order valence-corrected chi connectivity index (χ3v) is 7.69. The number of rotatable bonds is 6. The van der Waals surface area contributed by atoms with Crippen LogP contribution >= 0.6 is 0 Å². The molecule has 0 aromatic heterocycles. The first-order valence-electron chi connectivity index (χ1n) is 11.3. The summed E-state index contributed by atoms with van der Waals surface area (Å²) >= 11 is 0. The predicted octanol–water partition coefficient (Wildman–Crippen LogP) is 3.34. The van der Waals surface area contributed by atoms with E-state index in [1.54, 1.807) is 6.92 Å². The highest BCUT2D eigenvalue weighted by Gasteiger charge is 2.42. The number of anilines is 1. The Bertz CT molecular complexity index is 739. The highest BCUT2D eigenvalue weighted by Crippen LogP contribution is 2.49. The molecule has 0 radical (unpaired) electrons. The van der Waals surface area contributed by atoms with Crippen molar-refractivity contribution in [2.75, 3.05) is 31.1 Å². The number of ketones is 1. The molecule has 4 rings (SSSR count). The molecule has 158 valence electrons. The van der Waals surface area contributed by atoms with E-state index in [1.165, 1.54) is 25.7 Å². The standard InChI is InChI=1S/C24H35N3O2/c1-16(23-15-19-4-5-21(23)14-19)25-24(29)17(2)26-10-12-27(13-11-26)22-8-6-20(7-9-22)18(3)28/h6-9,16-17,19,21,23H,4-5,10-15H2,1-3H3,(H,25,29)/t16-,17-,19+,21+,23-/m1/s1. The van der Waals surface area contributed by atoms with Crippen molar-refractivity contribution >= 4 is 17.4 Å². The number of nitrogens with one attached hydrogen (secondary N) is 1. The number of piperazine rings is 1. The summed E-state index contributed by atoms with van der Waals surface area (Å²) in [5.41, 5.74) is 1.90. The van der Waals surface area contributed by atoms with E-state index in [2.05, 4.69) is 22.0 Å². The first kappa shape index (κ1) is 20.4. The van der Waals surface area contributed by atoms with Crippen molar-refractivity contribution in [3.63, 3.8) is 0 Å². The van der Waals surface area contributed by atoms with Crippen molar-refractivity contribution in [1.29, 1.82) is 0 Å². The zero-order chi connectivity index (χ0) is 20.5. The molecule has 1 aliphatic heterocycles. The van der Waals surface area contributed by atoms with Crippen LogP contribution in [0.5, 0.6) is 0 Å². The Morgan fingerprint density at radius 2 is 1.69 bits per heavy atom. The molecule has 2 bridgehead atoms. The van der Waals surface area contributed by atoms with Crippen LogP contribution < -0.4 is 10.2 Å². The van der Waals surface area contributed by atoms with Crippen LogP contribution in [0.4, 0.5) is 5.69 Å². The molecule has 0 unspecified atom stereocenters. The summed E-state index contributed by atoms with van der Waals surface area (Å²) in [5, 5.41) is 3.34. The van der Waals surface area contributed by atoms with Crippen molar-refractivity contribution in [2.45, 2.75) is 58.5 Å². The lowest BCUT2D eigenvalue weighted by atomic mass is 9.84. The molecule has 3 aliphatic rings. The fourth-order valence-electron chi connectivity index (χ4n) is 5.80. The Balaban J connectivity index is 1.26. The van der Waals surface area contributed by atoms with E-state index in [0.29, 0.717) is 12.0 Å². The minimum absolute atomic E-state index is 0.0849. The fourth-order valence-corrected chi connectivity index (χ4v) is 5.80. The summed E-state index contributed by atoms with van der Waals surface area (Å²) in [6, 6.07) is 8.06. The van der Waals surface area contributed by atoms with Gasteiger partial charge >= 0.3 is 0 Å². The summed E-state index contributed by atoms with van der Waals surface area (Å²) in [4.78, 5) is 29.0. The summed E-state index contributed by atoms with van der Waals surface area (Å²) in [6.45, 7) is 9.41. The molecule has 3 fully saturated rings. The first-order valence-corrected chi connectivity index (χ1v) is 11.3. The number of carbonyl (C=O) groups excluding carboxylic acids is 2. The zero-order valence-corrected chi connectivity index (χ0v) is 18.1. The molecular weight excluding hydrogens is 362 g/mol. The second kappa shape index (κ2) is 8.47. The maximum atomic E-state index is 12.9. The molecular formula is C24H35N3O2. The van der Waals surface area contributed by atoms with Gasteiger partial charge in [-0.2, -0.15) is 0 Å². The van der Waals surface area contributed by atoms with Gasteiger partial charge in [-0.05, 0) is 82.1 Å². The first-order chi connectivity index (χ1) is 13.9. The van der Waals surface area contributed by atoms with E-state index in [1.807, 2.05) is 31.2 Å². The van der Waals surface area contributed by atoms with E-state index < -0.39 is 0 Å². The minimum atomic E-state index is -0.0849. The summed E-state index contributed by atoms with van der Waals surface area (Å²) in [7, 11) is 0. The van der Waals surface area contributed by atoms with E-state index in [9.17, 15) is 9.59 Å². The Morgan fingerprint density at radius 1 is 1.00 bits per heavy atom. The Kier molecular flexibility index (Phi) is 5.95. The number of Topliss-reactive ketones (excluding diaryl/α,β-unsaturated/α-hetero) is 1. The van der Waals surface area contributed by atoms with Crippen LogP contribution in [0, 0.1) is 17.8 Å². The lowest BCUT2D eigenvalue weighted by molar-refractivity contribution is -0.127. The van der Waals surface area contributed by atoms with Gasteiger partial charge in [-0.25, -0.2) is 0 Å². The van der Waals surface area contributed by atoms with Crippen molar-refractivity contribution < 1.29 is 9.59 Å². The van der Waals surface area contributed by atoms with Crippen LogP contribution in [-0.4, -0.2) is 54.9 Å². The predicted molar refractivity (Wildman–Crippen MR) is 116 cm³/mol. The summed E-state index contributed by atoms with van der Waals surface area (Å²) in [5.74, 6) is 2.71. The summed E-state index contributed by atoms with van der Waals surface area (Å²) < 4.78 is 0. The molecule has 1 amide bonds. The number of nitrogens with zero attached hydrogens (tertiary/aromatic N) is 2. The smallest absolute Gasteiger partial charge is 0.237 e. The number of amides is 1. The molecule has 1 saturated heterocycles. The maximum Gasteiger partial charge on any atom is 0.237 e. The lowest BCUT2D eigenvalue weighted by Gasteiger charge is -2.39. The highest BCUT2D eigenvalue weighted by atomic mass is 16.2. The monoisotopic (exact) mass is 397 g/mol. The molecule has 5 nitrogen and oxygen atoms in total. The molecule has 1 heterocycles. The Morgan fingerprint density at radius 3 is 2.24 bits per heavy atom. The van der Waals surface area contributed by atoms with Gasteiger partial charge in [-0.1, -0.05) is 6.42 Å². The largest absolute Gasteiger partial charge is 0.369 e. The normalized spacial score (nSPS) is 28.9. The maximum absolute atomic E-state index is 12.9. The summed E-state index contributed by atoms with van der Waals surface area (Å²) in [6.07, 6.45) is 5.46. The molecule has 1 aromatic rings. The molecule has 1 aromatic carbocycles. The van der Waals surface area contributed by atoms with Crippen LogP contribution in [0.15, 0.2) is 24.3 Å². The van der Waals surface area contributed by atoms with Crippen molar-refractivity contribution in [3.05, 3.63) is 29.8 Å². The molecule has 5 heteroatoms. The van der Waals surface area contributed by atoms with Gasteiger partial charge in [-0.15, -0.1) is 0 Å². The number of fused-ring (bicyclic) bond motifs is 2. The second-order valence-electron chi connectivity index (χ2n) is 9.44. The lowest BCUT2D eigenvalue weighted by Crippen LogP contribution is -2.55. The van der Waals surface area contributed by atoms with Crippen molar-refractivity contribution in [3.8, 4) is 0 Å². The average molecular weight is 398 g/mol. The van der Waals surface area contributed by atoms with Crippen LogP contribution in [0.25, 0.3) is 0 Å². The molecule has 0 spiro atoms.